The third kappa shape index (κ3) is 5.14. The van der Waals surface area contributed by atoms with Gasteiger partial charge in [0.15, 0.2) is 0 Å². The number of rotatable bonds is 9. The van der Waals surface area contributed by atoms with E-state index in [0.717, 1.165) is 48.2 Å². The first-order valence-electron chi connectivity index (χ1n) is 10.3. The van der Waals surface area contributed by atoms with Crippen LogP contribution < -0.4 is 5.69 Å². The van der Waals surface area contributed by atoms with Crippen molar-refractivity contribution in [3.8, 4) is 11.1 Å². The molecule has 0 unspecified atom stereocenters. The molecular weight excluding hydrogens is 348 g/mol. The van der Waals surface area contributed by atoms with Crippen LogP contribution in [0.4, 0.5) is 0 Å². The summed E-state index contributed by atoms with van der Waals surface area (Å²) in [6, 6.07) is 14.7. The maximum atomic E-state index is 12.3. The van der Waals surface area contributed by atoms with Gasteiger partial charge in [-0.05, 0) is 53.5 Å². The molecule has 4 nitrogen and oxygen atoms in total. The third-order valence-corrected chi connectivity index (χ3v) is 5.10. The molecule has 0 bridgehead atoms. The lowest BCUT2D eigenvalue weighted by molar-refractivity contribution is 0.110. The monoisotopic (exact) mass is 380 g/mol. The number of H-pyrrole nitrogens is 1. The number of aryl methyl sites for hydroxylation is 1. The molecule has 28 heavy (non-hydrogen) atoms. The molecule has 0 spiro atoms. The molecule has 4 heteroatoms. The summed E-state index contributed by atoms with van der Waals surface area (Å²) in [5.41, 5.74) is 5.28. The van der Waals surface area contributed by atoms with Crippen molar-refractivity contribution in [1.82, 2.24) is 9.55 Å². The predicted octanol–water partition coefficient (Wildman–Crippen LogP) is 5.61. The van der Waals surface area contributed by atoms with Gasteiger partial charge in [-0.1, -0.05) is 58.0 Å². The SMILES string of the molecule is CC(C)CCOCc1ccc(-c2ccc3c(c2)[nH]c(=O)n3CCC(C)C)cc1. The number of aromatic nitrogens is 2. The number of hydrogen-bond donors (Lipinski definition) is 1. The Morgan fingerprint density at radius 1 is 0.929 bits per heavy atom. The normalized spacial score (nSPS) is 11.8. The maximum Gasteiger partial charge on any atom is 0.326 e. The van der Waals surface area contributed by atoms with Gasteiger partial charge in [0.1, 0.15) is 0 Å². The lowest BCUT2D eigenvalue weighted by Crippen LogP contribution is -2.17. The van der Waals surface area contributed by atoms with Crippen molar-refractivity contribution in [3.05, 3.63) is 58.5 Å². The Kier molecular flexibility index (Phi) is 6.74. The van der Waals surface area contributed by atoms with E-state index in [1.165, 1.54) is 5.56 Å². The Labute approximate surface area is 167 Å². The van der Waals surface area contributed by atoms with Crippen molar-refractivity contribution >= 4 is 11.0 Å². The molecule has 2 aromatic carbocycles. The lowest BCUT2D eigenvalue weighted by Gasteiger charge is -2.08. The number of fused-ring (bicyclic) bond motifs is 1. The van der Waals surface area contributed by atoms with Crippen LogP contribution in [0.1, 0.15) is 46.1 Å². The largest absolute Gasteiger partial charge is 0.377 e. The van der Waals surface area contributed by atoms with E-state index >= 15 is 0 Å². The quantitative estimate of drug-likeness (QED) is 0.491. The summed E-state index contributed by atoms with van der Waals surface area (Å²) in [6.45, 7) is 11.0. The van der Waals surface area contributed by atoms with Crippen LogP contribution in [0.25, 0.3) is 22.2 Å². The van der Waals surface area contributed by atoms with Crippen LogP contribution in [0.5, 0.6) is 0 Å². The average molecular weight is 381 g/mol. The van der Waals surface area contributed by atoms with Crippen molar-refractivity contribution in [2.45, 2.75) is 53.7 Å². The molecule has 0 aliphatic carbocycles. The molecule has 0 aliphatic rings. The zero-order chi connectivity index (χ0) is 20.1. The van der Waals surface area contributed by atoms with Gasteiger partial charge in [0.2, 0.25) is 0 Å². The molecule has 0 radical (unpaired) electrons. The fraction of sp³-hybridized carbons (Fsp3) is 0.458. The Morgan fingerprint density at radius 3 is 2.29 bits per heavy atom. The summed E-state index contributed by atoms with van der Waals surface area (Å²) < 4.78 is 7.59. The standard InChI is InChI=1S/C24H32N2O2/c1-17(2)11-13-26-23-10-9-21(15-22(23)25-24(26)27)20-7-5-19(6-8-20)16-28-14-12-18(3)4/h5-10,15,17-18H,11-14,16H2,1-4H3,(H,25,27). The molecule has 0 fully saturated rings. The summed E-state index contributed by atoms with van der Waals surface area (Å²) in [6.07, 6.45) is 2.09. The smallest absolute Gasteiger partial charge is 0.326 e. The summed E-state index contributed by atoms with van der Waals surface area (Å²) in [5.74, 6) is 1.24. The first-order valence-corrected chi connectivity index (χ1v) is 10.3. The van der Waals surface area contributed by atoms with Crippen molar-refractivity contribution in [3.63, 3.8) is 0 Å². The van der Waals surface area contributed by atoms with Crippen molar-refractivity contribution in [1.29, 1.82) is 0 Å². The van der Waals surface area contributed by atoms with Crippen LogP contribution in [0.3, 0.4) is 0 Å². The third-order valence-electron chi connectivity index (χ3n) is 5.10. The molecule has 0 atom stereocenters. The summed E-state index contributed by atoms with van der Waals surface area (Å²) >= 11 is 0. The number of ether oxygens (including phenoxy) is 1. The number of hydrogen-bond acceptors (Lipinski definition) is 2. The van der Waals surface area contributed by atoms with Crippen LogP contribution >= 0.6 is 0 Å². The Bertz CT molecular complexity index is 949. The van der Waals surface area contributed by atoms with Gasteiger partial charge in [0.05, 0.1) is 17.6 Å². The van der Waals surface area contributed by atoms with Gasteiger partial charge in [-0.25, -0.2) is 4.79 Å². The van der Waals surface area contributed by atoms with Gasteiger partial charge in [-0.15, -0.1) is 0 Å². The minimum Gasteiger partial charge on any atom is -0.377 e. The minimum atomic E-state index is -0.0262. The molecule has 3 aromatic rings. The van der Waals surface area contributed by atoms with Crippen LogP contribution in [0.15, 0.2) is 47.3 Å². The molecule has 0 amide bonds. The highest BCUT2D eigenvalue weighted by molar-refractivity contribution is 5.82. The second-order valence-electron chi connectivity index (χ2n) is 8.43. The van der Waals surface area contributed by atoms with E-state index in [1.807, 2.05) is 10.6 Å². The Hall–Kier alpha value is -2.33. The topological polar surface area (TPSA) is 47.0 Å². The summed E-state index contributed by atoms with van der Waals surface area (Å²) in [5, 5.41) is 0. The van der Waals surface area contributed by atoms with E-state index in [2.05, 4.69) is 69.1 Å². The molecule has 0 saturated heterocycles. The highest BCUT2D eigenvalue weighted by Gasteiger charge is 2.09. The number of aromatic amines is 1. The molecule has 0 aliphatic heterocycles. The Balaban J connectivity index is 1.72. The van der Waals surface area contributed by atoms with E-state index in [0.29, 0.717) is 18.4 Å². The van der Waals surface area contributed by atoms with Gasteiger partial charge in [-0.3, -0.25) is 4.57 Å². The van der Waals surface area contributed by atoms with Gasteiger partial charge in [0.25, 0.3) is 0 Å². The highest BCUT2D eigenvalue weighted by atomic mass is 16.5. The van der Waals surface area contributed by atoms with Gasteiger partial charge in [-0.2, -0.15) is 0 Å². The molecule has 0 saturated carbocycles. The van der Waals surface area contributed by atoms with Crippen LogP contribution in [-0.4, -0.2) is 16.2 Å². The minimum absolute atomic E-state index is 0.0262. The summed E-state index contributed by atoms with van der Waals surface area (Å²) in [7, 11) is 0. The number of benzene rings is 2. The number of nitrogens with one attached hydrogen (secondary N) is 1. The van der Waals surface area contributed by atoms with Crippen molar-refractivity contribution in [2.24, 2.45) is 11.8 Å². The second-order valence-corrected chi connectivity index (χ2v) is 8.43. The molecule has 3 rings (SSSR count). The van der Waals surface area contributed by atoms with E-state index in [1.54, 1.807) is 0 Å². The van der Waals surface area contributed by atoms with E-state index in [9.17, 15) is 4.79 Å². The van der Waals surface area contributed by atoms with E-state index < -0.39 is 0 Å². The first-order chi connectivity index (χ1) is 13.4. The zero-order valence-electron chi connectivity index (χ0n) is 17.5. The fourth-order valence-corrected chi connectivity index (χ4v) is 3.25. The highest BCUT2D eigenvalue weighted by Crippen LogP contribution is 2.24. The van der Waals surface area contributed by atoms with Crippen molar-refractivity contribution < 1.29 is 4.74 Å². The van der Waals surface area contributed by atoms with Crippen LogP contribution in [0.2, 0.25) is 0 Å². The van der Waals surface area contributed by atoms with Crippen LogP contribution in [0, 0.1) is 11.8 Å². The molecule has 1 aromatic heterocycles. The maximum absolute atomic E-state index is 12.3. The number of imidazole rings is 1. The number of nitrogens with zero attached hydrogens (tertiary/aromatic N) is 1. The average Bonchev–Trinajstić information content (AvgIpc) is 2.98. The zero-order valence-corrected chi connectivity index (χ0v) is 17.5. The molecule has 150 valence electrons. The van der Waals surface area contributed by atoms with Gasteiger partial charge >= 0.3 is 5.69 Å². The Morgan fingerprint density at radius 2 is 1.61 bits per heavy atom. The van der Waals surface area contributed by atoms with Gasteiger partial charge < -0.3 is 9.72 Å². The predicted molar refractivity (Wildman–Crippen MR) is 117 cm³/mol. The molecule has 1 heterocycles. The summed E-state index contributed by atoms with van der Waals surface area (Å²) in [4.78, 5) is 15.3. The van der Waals surface area contributed by atoms with Gasteiger partial charge in [0, 0.05) is 13.2 Å². The van der Waals surface area contributed by atoms with E-state index in [4.69, 9.17) is 4.74 Å². The second kappa shape index (κ2) is 9.24. The van der Waals surface area contributed by atoms with Crippen LogP contribution in [-0.2, 0) is 17.9 Å². The fourth-order valence-electron chi connectivity index (χ4n) is 3.25. The lowest BCUT2D eigenvalue weighted by atomic mass is 10.0. The molecule has 1 N–H and O–H groups in total. The van der Waals surface area contributed by atoms with Crippen molar-refractivity contribution in [2.75, 3.05) is 6.61 Å². The molecular formula is C24H32N2O2. The van der Waals surface area contributed by atoms with E-state index in [-0.39, 0.29) is 5.69 Å². The first kappa shape index (κ1) is 20.4.